The molecule has 1 heterocycles. The molecule has 0 spiro atoms. The van der Waals surface area contributed by atoms with Crippen molar-refractivity contribution in [3.8, 4) is 0 Å². The van der Waals surface area contributed by atoms with Crippen LogP contribution < -0.4 is 10.2 Å². The van der Waals surface area contributed by atoms with E-state index in [2.05, 4.69) is 9.71 Å². The summed E-state index contributed by atoms with van der Waals surface area (Å²) in [6, 6.07) is 13.6. The normalized spacial score (nSPS) is 16.9. The topological polar surface area (TPSA) is 99.2 Å². The first-order valence-corrected chi connectivity index (χ1v) is 12.2. The summed E-state index contributed by atoms with van der Waals surface area (Å²) in [6.07, 6.45) is 1.38. The maximum Gasteiger partial charge on any atom is 0.252 e. The molecule has 10 heteroatoms. The van der Waals surface area contributed by atoms with Crippen LogP contribution >= 0.6 is 11.6 Å². The lowest BCUT2D eigenvalue weighted by Crippen LogP contribution is -2.31. The molecule has 3 rings (SSSR count). The zero-order valence-electron chi connectivity index (χ0n) is 18.1. The van der Waals surface area contributed by atoms with Crippen LogP contribution in [0.2, 0.25) is 5.02 Å². The van der Waals surface area contributed by atoms with E-state index in [-0.39, 0.29) is 17.7 Å². The van der Waals surface area contributed by atoms with Crippen LogP contribution in [-0.4, -0.2) is 64.4 Å². The third-order valence-corrected chi connectivity index (χ3v) is 5.73. The summed E-state index contributed by atoms with van der Waals surface area (Å²) in [5.74, 6) is 0.0663. The summed E-state index contributed by atoms with van der Waals surface area (Å²) in [5, 5.41) is 3.43. The third-order valence-electron chi connectivity index (χ3n) is 4.98. The van der Waals surface area contributed by atoms with E-state index in [1.807, 2.05) is 0 Å². The monoisotopic (exact) mass is 476 g/mol. The van der Waals surface area contributed by atoms with Crippen molar-refractivity contribution in [2.75, 3.05) is 38.3 Å². The lowest BCUT2D eigenvalue weighted by molar-refractivity contribution is -0.117. The molecular weight excluding hydrogens is 452 g/mol. The van der Waals surface area contributed by atoms with Gasteiger partial charge in [-0.05, 0) is 48.5 Å². The number of hydrogen-bond donors (Lipinski definition) is 1. The van der Waals surface area contributed by atoms with Crippen molar-refractivity contribution >= 4 is 45.0 Å². The van der Waals surface area contributed by atoms with E-state index in [1.54, 1.807) is 72.4 Å². The highest BCUT2D eigenvalue weighted by molar-refractivity contribution is 7.89. The number of amides is 2. The van der Waals surface area contributed by atoms with Gasteiger partial charge < -0.3 is 15.1 Å². The minimum Gasteiger partial charge on any atom is -0.362 e. The first-order valence-electron chi connectivity index (χ1n) is 9.95. The first kappa shape index (κ1) is 23.7. The number of carbonyl (C=O) groups excluding carboxylic acids is 2. The first-order chi connectivity index (χ1) is 15.0. The van der Waals surface area contributed by atoms with Gasteiger partial charge in [0, 0.05) is 61.4 Å². The van der Waals surface area contributed by atoms with E-state index in [0.29, 0.717) is 47.2 Å². The second kappa shape index (κ2) is 9.70. The lowest BCUT2D eigenvalue weighted by Gasteiger charge is -2.19. The van der Waals surface area contributed by atoms with Gasteiger partial charge in [0.1, 0.15) is 5.84 Å². The van der Waals surface area contributed by atoms with E-state index >= 15 is 0 Å². The van der Waals surface area contributed by atoms with Gasteiger partial charge in [0.05, 0.1) is 6.26 Å². The maximum atomic E-state index is 12.5. The van der Waals surface area contributed by atoms with Gasteiger partial charge in [0.25, 0.3) is 15.9 Å². The molecule has 0 aromatic heterocycles. The molecule has 1 unspecified atom stereocenters. The number of rotatable bonds is 6. The standard InChI is InChI=1S/C22H25ClN4O4S/c1-26(2)21(25-32(3,30)31)16-6-10-19(11-7-16)27-14-15(12-20(27)28)13-24-22(29)17-4-8-18(23)9-5-17/h4-11,15H,12-14H2,1-3H3,(H,24,29)/b25-21+. The third kappa shape index (κ3) is 6.08. The van der Waals surface area contributed by atoms with Crippen molar-refractivity contribution in [3.63, 3.8) is 0 Å². The van der Waals surface area contributed by atoms with Gasteiger partial charge in [-0.1, -0.05) is 11.6 Å². The molecule has 1 aliphatic rings. The molecule has 2 aromatic carbocycles. The van der Waals surface area contributed by atoms with E-state index in [4.69, 9.17) is 11.6 Å². The number of anilines is 1. The summed E-state index contributed by atoms with van der Waals surface area (Å²) in [7, 11) is -0.127. The van der Waals surface area contributed by atoms with Crippen LogP contribution in [0.5, 0.6) is 0 Å². The number of nitrogens with one attached hydrogen (secondary N) is 1. The fourth-order valence-corrected chi connectivity index (χ4v) is 4.16. The van der Waals surface area contributed by atoms with Crippen molar-refractivity contribution in [2.45, 2.75) is 6.42 Å². The molecular formula is C22H25ClN4O4S. The molecule has 1 saturated heterocycles. The predicted octanol–water partition coefficient (Wildman–Crippen LogP) is 2.39. The van der Waals surface area contributed by atoms with Gasteiger partial charge in [-0.15, -0.1) is 4.40 Å². The largest absolute Gasteiger partial charge is 0.362 e. The number of halogens is 1. The molecule has 8 nitrogen and oxygen atoms in total. The van der Waals surface area contributed by atoms with Crippen LogP contribution in [0.4, 0.5) is 5.69 Å². The number of sulfonamides is 1. The average molecular weight is 477 g/mol. The molecule has 2 amide bonds. The maximum absolute atomic E-state index is 12.5. The Hall–Kier alpha value is -2.91. The number of hydrogen-bond acceptors (Lipinski definition) is 4. The van der Waals surface area contributed by atoms with Crippen LogP contribution in [0, 0.1) is 5.92 Å². The fraction of sp³-hybridized carbons (Fsp3) is 0.318. The Labute approximate surface area is 192 Å². The van der Waals surface area contributed by atoms with E-state index in [1.165, 1.54) is 0 Å². The second-order valence-electron chi connectivity index (χ2n) is 7.88. The quantitative estimate of drug-likeness (QED) is 0.509. The van der Waals surface area contributed by atoms with Crippen LogP contribution in [0.15, 0.2) is 52.9 Å². The summed E-state index contributed by atoms with van der Waals surface area (Å²) >= 11 is 5.85. The van der Waals surface area contributed by atoms with Crippen molar-refractivity contribution in [2.24, 2.45) is 10.3 Å². The Morgan fingerprint density at radius 2 is 1.72 bits per heavy atom. The van der Waals surface area contributed by atoms with E-state index in [0.717, 1.165) is 6.26 Å². The Morgan fingerprint density at radius 3 is 2.28 bits per heavy atom. The number of nitrogens with zero attached hydrogens (tertiary/aromatic N) is 3. The lowest BCUT2D eigenvalue weighted by atomic mass is 10.1. The molecule has 0 radical (unpaired) electrons. The Morgan fingerprint density at radius 1 is 1.12 bits per heavy atom. The van der Waals surface area contributed by atoms with Gasteiger partial charge in [0.2, 0.25) is 5.91 Å². The molecule has 1 N–H and O–H groups in total. The molecule has 0 bridgehead atoms. The van der Waals surface area contributed by atoms with Gasteiger partial charge in [-0.3, -0.25) is 9.59 Å². The molecule has 2 aromatic rings. The highest BCUT2D eigenvalue weighted by Gasteiger charge is 2.31. The van der Waals surface area contributed by atoms with Crippen LogP contribution in [-0.2, 0) is 14.8 Å². The van der Waals surface area contributed by atoms with Crippen molar-refractivity contribution < 1.29 is 18.0 Å². The van der Waals surface area contributed by atoms with Crippen molar-refractivity contribution in [1.29, 1.82) is 0 Å². The number of benzene rings is 2. The van der Waals surface area contributed by atoms with Crippen LogP contribution in [0.3, 0.4) is 0 Å². The Balaban J connectivity index is 1.65. The molecule has 170 valence electrons. The molecule has 1 aliphatic heterocycles. The highest BCUT2D eigenvalue weighted by atomic mass is 35.5. The molecule has 0 saturated carbocycles. The SMILES string of the molecule is CN(C)/C(=N/S(C)(=O)=O)c1ccc(N2CC(CNC(=O)c3ccc(Cl)cc3)CC2=O)cc1. The fourth-order valence-electron chi connectivity index (χ4n) is 3.45. The van der Waals surface area contributed by atoms with Crippen LogP contribution in [0.1, 0.15) is 22.3 Å². The van der Waals surface area contributed by atoms with Crippen molar-refractivity contribution in [1.82, 2.24) is 10.2 Å². The Kier molecular flexibility index (Phi) is 7.20. The number of carbonyl (C=O) groups is 2. The smallest absolute Gasteiger partial charge is 0.252 e. The van der Waals surface area contributed by atoms with Gasteiger partial charge >= 0.3 is 0 Å². The van der Waals surface area contributed by atoms with Gasteiger partial charge in [0.15, 0.2) is 0 Å². The predicted molar refractivity (Wildman–Crippen MR) is 126 cm³/mol. The average Bonchev–Trinajstić information content (AvgIpc) is 3.10. The minimum atomic E-state index is -3.55. The summed E-state index contributed by atoms with van der Waals surface area (Å²) in [4.78, 5) is 28.1. The summed E-state index contributed by atoms with van der Waals surface area (Å²) < 4.78 is 27.0. The second-order valence-corrected chi connectivity index (χ2v) is 9.97. The van der Waals surface area contributed by atoms with E-state index < -0.39 is 10.0 Å². The zero-order chi connectivity index (χ0) is 23.5. The molecule has 32 heavy (non-hydrogen) atoms. The highest BCUT2D eigenvalue weighted by Crippen LogP contribution is 2.25. The molecule has 1 atom stereocenters. The Bertz CT molecular complexity index is 1130. The van der Waals surface area contributed by atoms with Crippen molar-refractivity contribution in [3.05, 3.63) is 64.7 Å². The van der Waals surface area contributed by atoms with Gasteiger partial charge in [-0.2, -0.15) is 0 Å². The van der Waals surface area contributed by atoms with Crippen LogP contribution in [0.25, 0.3) is 0 Å². The minimum absolute atomic E-state index is 0.0115. The van der Waals surface area contributed by atoms with Gasteiger partial charge in [-0.25, -0.2) is 8.42 Å². The number of amidine groups is 1. The summed E-state index contributed by atoms with van der Waals surface area (Å²) in [6.45, 7) is 0.866. The van der Waals surface area contributed by atoms with E-state index in [9.17, 15) is 18.0 Å². The molecule has 1 fully saturated rings. The molecule has 0 aliphatic carbocycles. The summed E-state index contributed by atoms with van der Waals surface area (Å²) in [5.41, 5.74) is 1.85. The zero-order valence-corrected chi connectivity index (χ0v) is 19.7.